The van der Waals surface area contributed by atoms with Gasteiger partial charge in [-0.15, -0.1) is 0 Å². The lowest BCUT2D eigenvalue weighted by molar-refractivity contribution is -0.129. The van der Waals surface area contributed by atoms with Gasteiger partial charge < -0.3 is 15.1 Å². The number of nitrogens with zero attached hydrogens (tertiary/aromatic N) is 2. The van der Waals surface area contributed by atoms with Gasteiger partial charge in [-0.2, -0.15) is 0 Å². The number of carbonyl (C=O) groups excluding carboxylic acids is 2. The molecule has 2 saturated heterocycles. The summed E-state index contributed by atoms with van der Waals surface area (Å²) in [6.45, 7) is 6.23. The molecule has 1 N–H and O–H groups in total. The summed E-state index contributed by atoms with van der Waals surface area (Å²) >= 11 is 13.2. The number of hydrogen-bond donors (Lipinski definition) is 1. The molecule has 0 spiro atoms. The van der Waals surface area contributed by atoms with E-state index in [4.69, 9.17) is 23.2 Å². The fourth-order valence-corrected chi connectivity index (χ4v) is 7.67. The van der Waals surface area contributed by atoms with Crippen LogP contribution in [0.1, 0.15) is 72.9 Å². The van der Waals surface area contributed by atoms with Crippen LogP contribution in [0.2, 0.25) is 10.0 Å². The largest absolute Gasteiger partial charge is 0.353 e. The Bertz CT molecular complexity index is 1180. The number of fused-ring (bicyclic) bond motifs is 1. The molecule has 5 atom stereocenters. The molecule has 5 nitrogen and oxygen atoms in total. The molecule has 198 valence electrons. The van der Waals surface area contributed by atoms with Crippen LogP contribution < -0.4 is 5.32 Å². The van der Waals surface area contributed by atoms with E-state index in [1.807, 2.05) is 42.3 Å². The van der Waals surface area contributed by atoms with Gasteiger partial charge in [0, 0.05) is 40.7 Å². The van der Waals surface area contributed by atoms with Crippen LogP contribution in [0.4, 0.5) is 0 Å². The van der Waals surface area contributed by atoms with Gasteiger partial charge in [-0.3, -0.25) is 9.59 Å². The van der Waals surface area contributed by atoms with Crippen molar-refractivity contribution in [3.05, 3.63) is 69.2 Å². The van der Waals surface area contributed by atoms with Gasteiger partial charge in [0.15, 0.2) is 0 Å². The number of benzene rings is 2. The first-order chi connectivity index (χ1) is 17.6. The first kappa shape index (κ1) is 26.5. The average molecular weight is 543 g/mol. The molecule has 5 rings (SSSR count). The lowest BCUT2D eigenvalue weighted by Gasteiger charge is -2.46. The maximum atomic E-state index is 13.3. The van der Waals surface area contributed by atoms with Crippen LogP contribution in [0.3, 0.4) is 0 Å². The van der Waals surface area contributed by atoms with Crippen LogP contribution in [-0.2, 0) is 4.79 Å². The molecule has 0 bridgehead atoms. The van der Waals surface area contributed by atoms with Crippen LogP contribution in [0.25, 0.3) is 0 Å². The summed E-state index contributed by atoms with van der Waals surface area (Å²) in [6.07, 6.45) is 3.63. The zero-order valence-corrected chi connectivity index (χ0v) is 23.6. The average Bonchev–Trinajstić information content (AvgIpc) is 3.11. The third-order valence-electron chi connectivity index (χ3n) is 9.40. The Balaban J connectivity index is 1.46. The molecule has 7 heteroatoms. The Morgan fingerprint density at radius 2 is 1.76 bits per heavy atom. The summed E-state index contributed by atoms with van der Waals surface area (Å²) < 4.78 is 0. The second kappa shape index (κ2) is 10.2. The predicted octanol–water partition coefficient (Wildman–Crippen LogP) is 5.96. The Morgan fingerprint density at radius 3 is 2.41 bits per heavy atom. The highest BCUT2D eigenvalue weighted by Gasteiger charge is 2.57. The van der Waals surface area contributed by atoms with E-state index in [1.165, 1.54) is 5.56 Å². The summed E-state index contributed by atoms with van der Waals surface area (Å²) in [7, 11) is 4.03. The van der Waals surface area contributed by atoms with E-state index >= 15 is 0 Å². The van der Waals surface area contributed by atoms with Gasteiger partial charge in [-0.25, -0.2) is 0 Å². The third kappa shape index (κ3) is 4.79. The highest BCUT2D eigenvalue weighted by Crippen LogP contribution is 2.59. The minimum atomic E-state index is -0.417. The molecule has 0 radical (unpaired) electrons. The molecule has 37 heavy (non-hydrogen) atoms. The first-order valence-corrected chi connectivity index (χ1v) is 14.2. The van der Waals surface area contributed by atoms with E-state index < -0.39 is 5.41 Å². The Hall–Kier alpha value is -2.08. The Morgan fingerprint density at radius 1 is 1.08 bits per heavy atom. The smallest absolute Gasteiger partial charge is 0.253 e. The van der Waals surface area contributed by atoms with E-state index in [1.54, 1.807) is 0 Å². The van der Waals surface area contributed by atoms with Gasteiger partial charge >= 0.3 is 0 Å². The van der Waals surface area contributed by atoms with Gasteiger partial charge in [-0.1, -0.05) is 48.3 Å². The molecule has 2 aliphatic heterocycles. The SMILES string of the molecule is C[C@H]1NC(=O)[C@]2(C)CC[C@@H](c3ccc(C(=O)N(C)C4CCN(C)CC4)cc3Cl)[C@H](c3ccc(Cl)cc3)[C@H]12. The molecule has 0 aromatic heterocycles. The van der Waals surface area contributed by atoms with Crippen molar-refractivity contribution in [3.8, 4) is 0 Å². The van der Waals surface area contributed by atoms with Crippen molar-refractivity contribution in [3.63, 3.8) is 0 Å². The predicted molar refractivity (Wildman–Crippen MR) is 149 cm³/mol. The lowest BCUT2D eigenvalue weighted by atomic mass is 9.56. The Kier molecular flexibility index (Phi) is 7.34. The molecule has 2 aromatic rings. The van der Waals surface area contributed by atoms with E-state index in [9.17, 15) is 9.59 Å². The van der Waals surface area contributed by atoms with Crippen LogP contribution in [0, 0.1) is 11.3 Å². The zero-order chi connectivity index (χ0) is 26.5. The minimum Gasteiger partial charge on any atom is -0.353 e. The zero-order valence-electron chi connectivity index (χ0n) is 22.1. The molecule has 2 amide bonds. The highest BCUT2D eigenvalue weighted by molar-refractivity contribution is 6.32. The summed E-state index contributed by atoms with van der Waals surface area (Å²) in [4.78, 5) is 30.6. The van der Waals surface area contributed by atoms with Crippen molar-refractivity contribution in [2.75, 3.05) is 27.2 Å². The van der Waals surface area contributed by atoms with Crippen molar-refractivity contribution in [1.29, 1.82) is 0 Å². The summed E-state index contributed by atoms with van der Waals surface area (Å²) in [5, 5.41) is 4.54. The molecular formula is C30H37Cl2N3O2. The standard InChI is InChI=1S/C30H37Cl2N3O2/c1-18-27-26(19-5-8-21(31)9-6-19)24(11-14-30(27,2)29(37)33-18)23-10-7-20(17-25(23)32)28(36)35(4)22-12-15-34(3)16-13-22/h5-10,17-18,22,24,26-27H,11-16H2,1-4H3,(H,33,37)/t18-,24+,26+,27+,30-/m1/s1. The maximum absolute atomic E-state index is 13.3. The fraction of sp³-hybridized carbons (Fsp3) is 0.533. The molecular weight excluding hydrogens is 505 g/mol. The second-order valence-corrected chi connectivity index (χ2v) is 12.5. The lowest BCUT2D eigenvalue weighted by Crippen LogP contribution is -2.44. The second-order valence-electron chi connectivity index (χ2n) is 11.6. The summed E-state index contributed by atoms with van der Waals surface area (Å²) in [5.41, 5.74) is 2.44. The quantitative estimate of drug-likeness (QED) is 0.519. The van der Waals surface area contributed by atoms with Gasteiger partial charge in [0.2, 0.25) is 5.91 Å². The van der Waals surface area contributed by atoms with Crippen LogP contribution in [0.15, 0.2) is 42.5 Å². The number of halogens is 2. The highest BCUT2D eigenvalue weighted by atomic mass is 35.5. The number of rotatable bonds is 4. The van der Waals surface area contributed by atoms with Crippen molar-refractivity contribution in [2.24, 2.45) is 11.3 Å². The van der Waals surface area contributed by atoms with Crippen LogP contribution in [-0.4, -0.2) is 60.9 Å². The van der Waals surface area contributed by atoms with Crippen LogP contribution >= 0.6 is 23.2 Å². The minimum absolute atomic E-state index is 0.0210. The molecule has 3 fully saturated rings. The van der Waals surface area contributed by atoms with E-state index in [0.717, 1.165) is 44.3 Å². The molecule has 2 heterocycles. The number of piperidine rings is 1. The van der Waals surface area contributed by atoms with Crippen LogP contribution in [0.5, 0.6) is 0 Å². The summed E-state index contributed by atoms with van der Waals surface area (Å²) in [5.74, 6) is 0.538. The normalized spacial score (nSPS) is 30.6. The molecule has 1 saturated carbocycles. The number of carbonyl (C=O) groups is 2. The van der Waals surface area contributed by atoms with E-state index in [0.29, 0.717) is 15.6 Å². The molecule has 1 aliphatic carbocycles. The first-order valence-electron chi connectivity index (χ1n) is 13.4. The molecule has 2 aromatic carbocycles. The topological polar surface area (TPSA) is 52.7 Å². The maximum Gasteiger partial charge on any atom is 0.253 e. The number of likely N-dealkylation sites (tertiary alicyclic amines) is 1. The van der Waals surface area contributed by atoms with Crippen molar-refractivity contribution in [1.82, 2.24) is 15.1 Å². The molecule has 3 aliphatic rings. The number of hydrogen-bond acceptors (Lipinski definition) is 3. The van der Waals surface area contributed by atoms with Gasteiger partial charge in [0.25, 0.3) is 5.91 Å². The van der Waals surface area contributed by atoms with Crippen molar-refractivity contribution >= 4 is 35.0 Å². The number of nitrogens with one attached hydrogen (secondary N) is 1. The van der Waals surface area contributed by atoms with Gasteiger partial charge in [0.05, 0.1) is 5.41 Å². The number of amides is 2. The van der Waals surface area contributed by atoms with Gasteiger partial charge in [0.1, 0.15) is 0 Å². The van der Waals surface area contributed by atoms with Gasteiger partial charge in [-0.05, 0) is 100.0 Å². The van der Waals surface area contributed by atoms with E-state index in [2.05, 4.69) is 43.2 Å². The fourth-order valence-electron chi connectivity index (χ4n) is 7.22. The third-order valence-corrected chi connectivity index (χ3v) is 9.98. The van der Waals surface area contributed by atoms with Crippen molar-refractivity contribution in [2.45, 2.75) is 63.5 Å². The van der Waals surface area contributed by atoms with E-state index in [-0.39, 0.29) is 41.7 Å². The van der Waals surface area contributed by atoms with Crippen molar-refractivity contribution < 1.29 is 9.59 Å². The summed E-state index contributed by atoms with van der Waals surface area (Å²) in [6, 6.07) is 14.2. The monoisotopic (exact) mass is 541 g/mol. The Labute approximate surface area is 230 Å². The molecule has 0 unspecified atom stereocenters.